The van der Waals surface area contributed by atoms with Gasteiger partial charge in [0.1, 0.15) is 0 Å². The Hall–Kier alpha value is -2.82. The number of carbonyl (C=O) groups excluding carboxylic acids is 2. The zero-order valence-corrected chi connectivity index (χ0v) is 13.0. The van der Waals surface area contributed by atoms with Gasteiger partial charge < -0.3 is 9.47 Å². The Kier molecular flexibility index (Phi) is 4.02. The van der Waals surface area contributed by atoms with Gasteiger partial charge in [-0.05, 0) is 38.1 Å². The Morgan fingerprint density at radius 1 is 0.826 bits per heavy atom. The number of hydrogen-bond donors (Lipinski definition) is 0. The summed E-state index contributed by atoms with van der Waals surface area (Å²) in [5, 5.41) is 0. The van der Waals surface area contributed by atoms with Crippen LogP contribution in [0.15, 0.2) is 42.5 Å². The van der Waals surface area contributed by atoms with Crippen LogP contribution in [0.3, 0.4) is 0 Å². The van der Waals surface area contributed by atoms with Crippen molar-refractivity contribution in [1.82, 2.24) is 0 Å². The molecule has 2 amide bonds. The minimum atomic E-state index is -0.322. The summed E-state index contributed by atoms with van der Waals surface area (Å²) in [6.07, 6.45) is 0. The first kappa shape index (κ1) is 15.1. The first-order valence-electron chi connectivity index (χ1n) is 7.54. The Morgan fingerprint density at radius 2 is 1.39 bits per heavy atom. The van der Waals surface area contributed by atoms with Crippen LogP contribution in [-0.2, 0) is 0 Å². The fourth-order valence-corrected chi connectivity index (χ4v) is 2.60. The second-order valence-electron chi connectivity index (χ2n) is 4.99. The van der Waals surface area contributed by atoms with E-state index >= 15 is 0 Å². The predicted molar refractivity (Wildman–Crippen MR) is 86.4 cm³/mol. The van der Waals surface area contributed by atoms with Gasteiger partial charge in [-0.3, -0.25) is 9.59 Å². The number of carbonyl (C=O) groups is 2. The van der Waals surface area contributed by atoms with Crippen molar-refractivity contribution in [2.24, 2.45) is 0 Å². The van der Waals surface area contributed by atoms with Gasteiger partial charge in [-0.2, -0.15) is 0 Å². The normalized spacial score (nSPS) is 13.2. The van der Waals surface area contributed by atoms with E-state index in [0.29, 0.717) is 41.5 Å². The maximum absolute atomic E-state index is 12.5. The number of imide groups is 1. The largest absolute Gasteiger partial charge is 0.490 e. The van der Waals surface area contributed by atoms with E-state index in [0.717, 1.165) is 0 Å². The second-order valence-corrected chi connectivity index (χ2v) is 4.99. The zero-order valence-electron chi connectivity index (χ0n) is 13.0. The summed E-state index contributed by atoms with van der Waals surface area (Å²) in [5.74, 6) is 0.465. The lowest BCUT2D eigenvalue weighted by molar-refractivity contribution is 0.0926. The van der Waals surface area contributed by atoms with Crippen LogP contribution in [0.2, 0.25) is 0 Å². The Bertz CT molecular complexity index is 734. The van der Waals surface area contributed by atoms with Gasteiger partial charge in [0.2, 0.25) is 0 Å². The van der Waals surface area contributed by atoms with Gasteiger partial charge in [0, 0.05) is 6.07 Å². The maximum atomic E-state index is 12.5. The molecule has 0 N–H and O–H groups in total. The zero-order chi connectivity index (χ0) is 16.4. The van der Waals surface area contributed by atoms with Crippen LogP contribution in [0.5, 0.6) is 11.5 Å². The average molecular weight is 311 g/mol. The molecule has 0 saturated heterocycles. The summed E-state index contributed by atoms with van der Waals surface area (Å²) in [7, 11) is 0. The van der Waals surface area contributed by atoms with Gasteiger partial charge in [0.05, 0.1) is 30.0 Å². The van der Waals surface area contributed by atoms with E-state index in [1.54, 1.807) is 42.5 Å². The number of amides is 2. The van der Waals surface area contributed by atoms with Gasteiger partial charge in [0.15, 0.2) is 11.5 Å². The first-order valence-corrected chi connectivity index (χ1v) is 7.54. The van der Waals surface area contributed by atoms with E-state index in [1.165, 1.54) is 4.90 Å². The summed E-state index contributed by atoms with van der Waals surface area (Å²) in [6.45, 7) is 4.72. The highest BCUT2D eigenvalue weighted by Crippen LogP contribution is 2.35. The molecule has 0 radical (unpaired) electrons. The maximum Gasteiger partial charge on any atom is 0.266 e. The second kappa shape index (κ2) is 6.12. The van der Waals surface area contributed by atoms with Crippen molar-refractivity contribution in [2.75, 3.05) is 18.1 Å². The number of rotatable bonds is 5. The van der Waals surface area contributed by atoms with Gasteiger partial charge >= 0.3 is 0 Å². The van der Waals surface area contributed by atoms with Crippen LogP contribution in [-0.4, -0.2) is 25.0 Å². The van der Waals surface area contributed by atoms with E-state index in [2.05, 4.69) is 0 Å². The highest BCUT2D eigenvalue weighted by Gasteiger charge is 2.36. The van der Waals surface area contributed by atoms with Crippen molar-refractivity contribution in [3.05, 3.63) is 53.6 Å². The summed E-state index contributed by atoms with van der Waals surface area (Å²) in [6, 6.07) is 11.9. The monoisotopic (exact) mass is 311 g/mol. The Balaban J connectivity index is 2.01. The van der Waals surface area contributed by atoms with Gasteiger partial charge in [-0.1, -0.05) is 12.1 Å². The van der Waals surface area contributed by atoms with E-state index < -0.39 is 0 Å². The molecule has 2 aromatic carbocycles. The highest BCUT2D eigenvalue weighted by atomic mass is 16.5. The van der Waals surface area contributed by atoms with Crippen molar-refractivity contribution in [1.29, 1.82) is 0 Å². The number of nitrogens with zero attached hydrogens (tertiary/aromatic N) is 1. The molecule has 2 aromatic rings. The van der Waals surface area contributed by atoms with Crippen LogP contribution in [0.25, 0.3) is 0 Å². The Labute approximate surface area is 134 Å². The fourth-order valence-electron chi connectivity index (χ4n) is 2.60. The predicted octanol–water partition coefficient (Wildman–Crippen LogP) is 3.28. The molecule has 3 rings (SSSR count). The third-order valence-corrected chi connectivity index (χ3v) is 3.58. The SMILES string of the molecule is CCOc1ccc(N2C(=O)c3ccccc3C2=O)cc1OCC. The molecule has 5 heteroatoms. The third kappa shape index (κ3) is 2.54. The van der Waals surface area contributed by atoms with Gasteiger partial charge in [0.25, 0.3) is 11.8 Å². The molecule has 0 saturated carbocycles. The fraction of sp³-hybridized carbons (Fsp3) is 0.222. The molecule has 118 valence electrons. The minimum absolute atomic E-state index is 0.322. The lowest BCUT2D eigenvalue weighted by Crippen LogP contribution is -2.29. The lowest BCUT2D eigenvalue weighted by atomic mass is 10.1. The van der Waals surface area contributed by atoms with Crippen LogP contribution in [0.4, 0.5) is 5.69 Å². The standard InChI is InChI=1S/C18H17NO4/c1-3-22-15-10-9-12(11-16(15)23-4-2)19-17(20)13-7-5-6-8-14(13)18(19)21/h5-11H,3-4H2,1-2H3. The van der Waals surface area contributed by atoms with Gasteiger partial charge in [-0.15, -0.1) is 0 Å². The molecule has 0 atom stereocenters. The molecule has 0 aliphatic carbocycles. The van der Waals surface area contributed by atoms with Crippen molar-refractivity contribution < 1.29 is 19.1 Å². The van der Waals surface area contributed by atoms with Crippen LogP contribution in [0, 0.1) is 0 Å². The van der Waals surface area contributed by atoms with Crippen molar-refractivity contribution >= 4 is 17.5 Å². The van der Waals surface area contributed by atoms with Crippen molar-refractivity contribution in [3.63, 3.8) is 0 Å². The number of ether oxygens (including phenoxy) is 2. The third-order valence-electron chi connectivity index (χ3n) is 3.58. The molecule has 0 aromatic heterocycles. The van der Waals surface area contributed by atoms with Crippen molar-refractivity contribution in [2.45, 2.75) is 13.8 Å². The number of benzene rings is 2. The van der Waals surface area contributed by atoms with Crippen LogP contribution >= 0.6 is 0 Å². The molecule has 0 fully saturated rings. The quantitative estimate of drug-likeness (QED) is 0.795. The molecule has 5 nitrogen and oxygen atoms in total. The Morgan fingerprint density at radius 3 is 1.96 bits per heavy atom. The summed E-state index contributed by atoms with van der Waals surface area (Å²) in [4.78, 5) is 26.2. The molecular formula is C18H17NO4. The van der Waals surface area contributed by atoms with Crippen molar-refractivity contribution in [3.8, 4) is 11.5 Å². The smallest absolute Gasteiger partial charge is 0.266 e. The van der Waals surface area contributed by atoms with E-state index in [1.807, 2.05) is 13.8 Å². The average Bonchev–Trinajstić information content (AvgIpc) is 2.82. The first-order chi connectivity index (χ1) is 11.2. The number of fused-ring (bicyclic) bond motifs is 1. The topological polar surface area (TPSA) is 55.8 Å². The van der Waals surface area contributed by atoms with Gasteiger partial charge in [-0.25, -0.2) is 4.90 Å². The number of anilines is 1. The molecule has 0 unspecified atom stereocenters. The molecule has 1 aliphatic rings. The number of hydrogen-bond acceptors (Lipinski definition) is 4. The summed E-state index contributed by atoms with van der Waals surface area (Å²) >= 11 is 0. The molecule has 1 aliphatic heterocycles. The minimum Gasteiger partial charge on any atom is -0.490 e. The lowest BCUT2D eigenvalue weighted by Gasteiger charge is -2.17. The van der Waals surface area contributed by atoms with Crippen LogP contribution in [0.1, 0.15) is 34.6 Å². The molecule has 0 bridgehead atoms. The molecule has 1 heterocycles. The van der Waals surface area contributed by atoms with Crippen LogP contribution < -0.4 is 14.4 Å². The summed E-state index contributed by atoms with van der Waals surface area (Å²) < 4.78 is 11.1. The van der Waals surface area contributed by atoms with E-state index in [-0.39, 0.29) is 11.8 Å². The molecule has 23 heavy (non-hydrogen) atoms. The van der Waals surface area contributed by atoms with E-state index in [4.69, 9.17) is 9.47 Å². The summed E-state index contributed by atoms with van der Waals surface area (Å²) in [5.41, 5.74) is 1.32. The van der Waals surface area contributed by atoms with E-state index in [9.17, 15) is 9.59 Å². The molecular weight excluding hydrogens is 294 g/mol. The molecule has 0 spiro atoms. The highest BCUT2D eigenvalue weighted by molar-refractivity contribution is 6.34.